The summed E-state index contributed by atoms with van der Waals surface area (Å²) in [5, 5.41) is 64.8. The summed E-state index contributed by atoms with van der Waals surface area (Å²) in [5.41, 5.74) is 0. The van der Waals surface area contributed by atoms with Gasteiger partial charge in [-0.25, -0.2) is 0 Å². The molecule has 1 aliphatic heterocycles. The van der Waals surface area contributed by atoms with E-state index in [4.69, 9.17) is 9.47 Å². The molecule has 0 aliphatic carbocycles. The van der Waals surface area contributed by atoms with E-state index < -0.39 is 61.5 Å². The predicted octanol–water partition coefficient (Wildman–Crippen LogP) is 9.48. The minimum atomic E-state index is -1.59. The summed E-state index contributed by atoms with van der Waals surface area (Å²) >= 11 is 0. The number of hydrogen-bond acceptors (Lipinski definition) is 9. The lowest BCUT2D eigenvalue weighted by Crippen LogP contribution is -2.60. The largest absolute Gasteiger partial charge is 0.394 e. The molecule has 1 saturated heterocycles. The molecule has 344 valence electrons. The van der Waals surface area contributed by atoms with E-state index in [-0.39, 0.29) is 6.61 Å². The highest BCUT2D eigenvalue weighted by atomic mass is 16.7. The monoisotopic (exact) mass is 828 g/mol. The lowest BCUT2D eigenvalue weighted by molar-refractivity contribution is -0.302. The van der Waals surface area contributed by atoms with Crippen molar-refractivity contribution in [2.45, 2.75) is 275 Å². The molecule has 8 unspecified atom stereocenters. The molecule has 10 heteroatoms. The highest BCUT2D eigenvalue weighted by Gasteiger charge is 2.44. The quantitative estimate of drug-likeness (QED) is 0.0235. The number of rotatable bonds is 41. The average molecular weight is 828 g/mol. The molecule has 1 amide bonds. The van der Waals surface area contributed by atoms with Crippen LogP contribution in [-0.2, 0) is 14.3 Å². The van der Waals surface area contributed by atoms with Gasteiger partial charge < -0.3 is 45.4 Å². The molecular formula is C48H93NO9. The maximum Gasteiger partial charge on any atom is 0.249 e. The first-order chi connectivity index (χ1) is 28.3. The number of carbonyl (C=O) groups is 1. The van der Waals surface area contributed by atoms with Crippen LogP contribution in [0.1, 0.15) is 226 Å². The Balaban J connectivity index is 2.32. The number of nitrogens with one attached hydrogen (secondary N) is 1. The molecule has 0 aromatic carbocycles. The highest BCUT2D eigenvalue weighted by molar-refractivity contribution is 5.80. The second-order valence-electron chi connectivity index (χ2n) is 17.4. The minimum absolute atomic E-state index is 0.255. The van der Waals surface area contributed by atoms with Crippen LogP contribution in [0, 0.1) is 0 Å². The molecule has 0 spiro atoms. The van der Waals surface area contributed by atoms with Crippen molar-refractivity contribution in [3.05, 3.63) is 12.2 Å². The number of ether oxygens (including phenoxy) is 2. The van der Waals surface area contributed by atoms with E-state index in [9.17, 15) is 35.4 Å². The molecule has 0 saturated carbocycles. The summed E-state index contributed by atoms with van der Waals surface area (Å²) < 4.78 is 11.2. The van der Waals surface area contributed by atoms with Crippen LogP contribution >= 0.6 is 0 Å². The van der Waals surface area contributed by atoms with Crippen molar-refractivity contribution in [1.82, 2.24) is 5.32 Å². The SMILES string of the molecule is CCCCCCCCCCCCC/C=C\CCCCCCCCC(O)C(=O)NC(COC1OC(CO)C(O)C(O)C1O)C(O)CCCCCCCCCCCCCC. The van der Waals surface area contributed by atoms with E-state index in [0.29, 0.717) is 12.8 Å². The molecule has 0 radical (unpaired) electrons. The molecule has 0 aromatic heterocycles. The van der Waals surface area contributed by atoms with Crippen molar-refractivity contribution in [2.75, 3.05) is 13.2 Å². The Morgan fingerprint density at radius 3 is 1.40 bits per heavy atom. The zero-order valence-electron chi connectivity index (χ0n) is 37.4. The van der Waals surface area contributed by atoms with Crippen LogP contribution in [0.25, 0.3) is 0 Å². The normalized spacial score (nSPS) is 21.4. The molecule has 10 nitrogen and oxygen atoms in total. The van der Waals surface area contributed by atoms with Gasteiger partial charge in [0.1, 0.15) is 30.5 Å². The lowest BCUT2D eigenvalue weighted by Gasteiger charge is -2.40. The number of aliphatic hydroxyl groups is 6. The lowest BCUT2D eigenvalue weighted by atomic mass is 9.99. The van der Waals surface area contributed by atoms with Crippen molar-refractivity contribution in [2.24, 2.45) is 0 Å². The topological polar surface area (TPSA) is 169 Å². The van der Waals surface area contributed by atoms with Gasteiger partial charge >= 0.3 is 0 Å². The maximum absolute atomic E-state index is 13.1. The van der Waals surface area contributed by atoms with Gasteiger partial charge in [0.15, 0.2) is 6.29 Å². The molecular weight excluding hydrogens is 735 g/mol. The second-order valence-corrected chi connectivity index (χ2v) is 17.4. The molecule has 1 heterocycles. The molecule has 7 N–H and O–H groups in total. The summed E-state index contributed by atoms with van der Waals surface area (Å²) in [6, 6.07) is -0.893. The molecule has 8 atom stereocenters. The van der Waals surface area contributed by atoms with E-state index >= 15 is 0 Å². The van der Waals surface area contributed by atoms with Crippen LogP contribution in [0.4, 0.5) is 0 Å². The molecule has 1 fully saturated rings. The fourth-order valence-electron chi connectivity index (χ4n) is 7.93. The van der Waals surface area contributed by atoms with Crippen LogP contribution in [0.15, 0.2) is 12.2 Å². The minimum Gasteiger partial charge on any atom is -0.394 e. The van der Waals surface area contributed by atoms with Crippen LogP contribution in [-0.4, -0.2) is 98.7 Å². The zero-order valence-corrected chi connectivity index (χ0v) is 37.4. The van der Waals surface area contributed by atoms with Gasteiger partial charge in [0.2, 0.25) is 5.91 Å². The Kier molecular flexibility index (Phi) is 36.7. The van der Waals surface area contributed by atoms with E-state index in [0.717, 1.165) is 57.8 Å². The molecule has 1 aliphatic rings. The van der Waals surface area contributed by atoms with Crippen molar-refractivity contribution in [1.29, 1.82) is 0 Å². The smallest absolute Gasteiger partial charge is 0.249 e. The molecule has 1 rings (SSSR count). The third-order valence-corrected chi connectivity index (χ3v) is 12.0. The van der Waals surface area contributed by atoms with Crippen molar-refractivity contribution >= 4 is 5.91 Å². The van der Waals surface area contributed by atoms with Crippen LogP contribution in [0.2, 0.25) is 0 Å². The predicted molar refractivity (Wildman–Crippen MR) is 237 cm³/mol. The number of aliphatic hydroxyl groups excluding tert-OH is 6. The van der Waals surface area contributed by atoms with Crippen LogP contribution < -0.4 is 5.32 Å². The molecule has 0 aromatic rings. The summed E-state index contributed by atoms with van der Waals surface area (Å²) in [7, 11) is 0. The van der Waals surface area contributed by atoms with Crippen molar-refractivity contribution in [3.63, 3.8) is 0 Å². The fourth-order valence-corrected chi connectivity index (χ4v) is 7.93. The first-order valence-corrected chi connectivity index (χ1v) is 24.5. The van der Waals surface area contributed by atoms with Gasteiger partial charge in [-0.05, 0) is 38.5 Å². The van der Waals surface area contributed by atoms with E-state index in [2.05, 4.69) is 31.3 Å². The second kappa shape index (κ2) is 38.8. The Morgan fingerprint density at radius 2 is 0.966 bits per heavy atom. The molecule has 58 heavy (non-hydrogen) atoms. The van der Waals surface area contributed by atoms with Gasteiger partial charge in [-0.2, -0.15) is 0 Å². The van der Waals surface area contributed by atoms with E-state index in [1.165, 1.54) is 141 Å². The summed E-state index contributed by atoms with van der Waals surface area (Å²) in [6.45, 7) is 3.67. The first kappa shape index (κ1) is 54.9. The van der Waals surface area contributed by atoms with E-state index in [1.54, 1.807) is 0 Å². The fraction of sp³-hybridized carbons (Fsp3) is 0.938. The average Bonchev–Trinajstić information content (AvgIpc) is 3.22. The third kappa shape index (κ3) is 28.4. The third-order valence-electron chi connectivity index (χ3n) is 12.0. The standard InChI is InChI=1S/C48H93NO9/c1-3-5-7-9-11-13-15-17-18-19-20-21-22-23-24-25-27-29-31-33-35-37-42(52)47(56)49-40(39-57-48-46(55)45(54)44(53)43(38-50)58-48)41(51)36-34-32-30-28-26-16-14-12-10-8-6-4-2/h22-23,40-46,48,50-55H,3-21,24-39H2,1-2H3,(H,49,56)/b23-22-. The number of amides is 1. The van der Waals surface area contributed by atoms with Gasteiger partial charge in [0.25, 0.3) is 0 Å². The van der Waals surface area contributed by atoms with Gasteiger partial charge in [-0.15, -0.1) is 0 Å². The van der Waals surface area contributed by atoms with E-state index in [1.807, 2.05) is 0 Å². The zero-order chi connectivity index (χ0) is 42.5. The van der Waals surface area contributed by atoms with Gasteiger partial charge in [0.05, 0.1) is 25.4 Å². The Morgan fingerprint density at radius 1 is 0.569 bits per heavy atom. The summed E-state index contributed by atoms with van der Waals surface area (Å²) in [4.78, 5) is 13.1. The van der Waals surface area contributed by atoms with Crippen LogP contribution in [0.3, 0.4) is 0 Å². The summed E-state index contributed by atoms with van der Waals surface area (Å²) in [5.74, 6) is -0.587. The number of hydrogen-bond donors (Lipinski definition) is 7. The molecule has 0 bridgehead atoms. The summed E-state index contributed by atoms with van der Waals surface area (Å²) in [6.07, 6.45) is 34.1. The van der Waals surface area contributed by atoms with Gasteiger partial charge in [-0.3, -0.25) is 4.79 Å². The first-order valence-electron chi connectivity index (χ1n) is 24.5. The number of carbonyl (C=O) groups excluding carboxylic acids is 1. The van der Waals surface area contributed by atoms with Gasteiger partial charge in [0, 0.05) is 0 Å². The highest BCUT2D eigenvalue weighted by Crippen LogP contribution is 2.23. The number of allylic oxidation sites excluding steroid dienone is 2. The Hall–Kier alpha value is -1.11. The van der Waals surface area contributed by atoms with Crippen molar-refractivity contribution < 1.29 is 44.9 Å². The Bertz CT molecular complexity index is 937. The van der Waals surface area contributed by atoms with Crippen molar-refractivity contribution in [3.8, 4) is 0 Å². The number of unbranched alkanes of at least 4 members (excludes halogenated alkanes) is 28. The van der Waals surface area contributed by atoms with Gasteiger partial charge in [-0.1, -0.05) is 199 Å². The van der Waals surface area contributed by atoms with Crippen LogP contribution in [0.5, 0.6) is 0 Å². The maximum atomic E-state index is 13.1. The Labute approximate surface area is 355 Å².